The molecule has 0 saturated carbocycles. The second kappa shape index (κ2) is 6.90. The Hall–Kier alpha value is -0.910. The van der Waals surface area contributed by atoms with Crippen molar-refractivity contribution in [3.63, 3.8) is 0 Å². The first kappa shape index (κ1) is 16.5. The Balaban J connectivity index is 2.02. The van der Waals surface area contributed by atoms with Crippen LogP contribution in [0.15, 0.2) is 17.5 Å². The summed E-state index contributed by atoms with van der Waals surface area (Å²) >= 11 is 1.74. The van der Waals surface area contributed by atoms with Gasteiger partial charge in [-0.1, -0.05) is 19.9 Å². The van der Waals surface area contributed by atoms with Crippen molar-refractivity contribution in [3.8, 4) is 0 Å². The Labute approximate surface area is 131 Å². The monoisotopic (exact) mass is 309 g/mol. The molecule has 0 aromatic carbocycles. The van der Waals surface area contributed by atoms with Gasteiger partial charge < -0.3 is 15.5 Å². The number of hydrogen-bond acceptors (Lipinski definition) is 4. The molecule has 1 aliphatic rings. The standard InChI is InChI=1S/C16H27N3OS/c1-12(2)16(7-8-17-11-16)15(20)18-10-13(19(3)4)14-6-5-9-21-14/h5-6,9,12-13,17H,7-8,10-11H2,1-4H3,(H,18,20). The molecule has 1 aromatic rings. The van der Waals surface area contributed by atoms with Gasteiger partial charge in [0.2, 0.25) is 5.91 Å². The van der Waals surface area contributed by atoms with Crippen LogP contribution in [0.4, 0.5) is 0 Å². The number of rotatable bonds is 6. The fraction of sp³-hybridized carbons (Fsp3) is 0.688. The molecule has 0 spiro atoms. The summed E-state index contributed by atoms with van der Waals surface area (Å²) in [5.74, 6) is 0.554. The normalized spacial score (nSPS) is 23.7. The number of nitrogens with one attached hydrogen (secondary N) is 2. The predicted molar refractivity (Wildman–Crippen MR) is 88.5 cm³/mol. The fourth-order valence-corrected chi connectivity index (χ4v) is 3.97. The van der Waals surface area contributed by atoms with Gasteiger partial charge in [0.15, 0.2) is 0 Å². The first-order chi connectivity index (χ1) is 9.97. The van der Waals surface area contributed by atoms with E-state index in [9.17, 15) is 4.79 Å². The number of carbonyl (C=O) groups is 1. The number of likely N-dealkylation sites (N-methyl/N-ethyl adjacent to an activating group) is 1. The summed E-state index contributed by atoms with van der Waals surface area (Å²) in [6.07, 6.45) is 0.933. The Morgan fingerprint density at radius 1 is 1.52 bits per heavy atom. The average Bonchev–Trinajstić information content (AvgIpc) is 3.10. The third kappa shape index (κ3) is 3.47. The summed E-state index contributed by atoms with van der Waals surface area (Å²) in [4.78, 5) is 16.2. The number of thiophene rings is 1. The van der Waals surface area contributed by atoms with E-state index in [2.05, 4.69) is 61.0 Å². The second-order valence-corrected chi connectivity index (χ2v) is 7.42. The van der Waals surface area contributed by atoms with Crippen molar-refractivity contribution in [2.24, 2.45) is 11.3 Å². The summed E-state index contributed by atoms with van der Waals surface area (Å²) in [6.45, 7) is 6.70. The van der Waals surface area contributed by atoms with Crippen LogP contribution in [0.1, 0.15) is 31.2 Å². The minimum atomic E-state index is -0.244. The zero-order chi connectivity index (χ0) is 15.5. The first-order valence-electron chi connectivity index (χ1n) is 7.66. The van der Waals surface area contributed by atoms with Crippen LogP contribution in [0.3, 0.4) is 0 Å². The Kier molecular flexibility index (Phi) is 5.41. The average molecular weight is 309 g/mol. The van der Waals surface area contributed by atoms with Crippen LogP contribution in [-0.2, 0) is 4.79 Å². The van der Waals surface area contributed by atoms with Crippen molar-refractivity contribution in [2.75, 3.05) is 33.7 Å². The lowest BCUT2D eigenvalue weighted by molar-refractivity contribution is -0.132. The molecule has 2 N–H and O–H groups in total. The molecule has 4 nitrogen and oxygen atoms in total. The number of hydrogen-bond donors (Lipinski definition) is 2. The maximum absolute atomic E-state index is 12.7. The number of amides is 1. The molecular formula is C16H27N3OS. The van der Waals surface area contributed by atoms with Gasteiger partial charge >= 0.3 is 0 Å². The van der Waals surface area contributed by atoms with E-state index in [1.54, 1.807) is 11.3 Å². The highest BCUT2D eigenvalue weighted by Gasteiger charge is 2.43. The lowest BCUT2D eigenvalue weighted by Crippen LogP contribution is -2.48. The summed E-state index contributed by atoms with van der Waals surface area (Å²) < 4.78 is 0. The smallest absolute Gasteiger partial charge is 0.227 e. The highest BCUT2D eigenvalue weighted by atomic mass is 32.1. The molecule has 1 amide bonds. The van der Waals surface area contributed by atoms with E-state index in [4.69, 9.17) is 0 Å². The molecule has 2 atom stereocenters. The zero-order valence-corrected chi connectivity index (χ0v) is 14.3. The van der Waals surface area contributed by atoms with Gasteiger partial charge in [-0.25, -0.2) is 0 Å². The maximum Gasteiger partial charge on any atom is 0.227 e. The molecule has 1 saturated heterocycles. The van der Waals surface area contributed by atoms with Gasteiger partial charge in [-0.3, -0.25) is 4.79 Å². The van der Waals surface area contributed by atoms with Crippen molar-refractivity contribution in [1.82, 2.24) is 15.5 Å². The highest BCUT2D eigenvalue weighted by Crippen LogP contribution is 2.34. The fourth-order valence-electron chi connectivity index (χ4n) is 3.04. The van der Waals surface area contributed by atoms with Crippen LogP contribution in [0, 0.1) is 11.3 Å². The van der Waals surface area contributed by atoms with Crippen LogP contribution in [-0.4, -0.2) is 44.5 Å². The maximum atomic E-state index is 12.7. The molecule has 2 unspecified atom stereocenters. The summed E-state index contributed by atoms with van der Waals surface area (Å²) in [5.41, 5.74) is -0.244. The Morgan fingerprint density at radius 3 is 2.76 bits per heavy atom. The van der Waals surface area contributed by atoms with Crippen molar-refractivity contribution >= 4 is 17.2 Å². The van der Waals surface area contributed by atoms with E-state index in [0.29, 0.717) is 12.5 Å². The van der Waals surface area contributed by atoms with E-state index in [1.165, 1.54) is 4.88 Å². The molecule has 5 heteroatoms. The summed E-state index contributed by atoms with van der Waals surface area (Å²) in [5, 5.41) is 8.63. The topological polar surface area (TPSA) is 44.4 Å². The van der Waals surface area contributed by atoms with Gasteiger partial charge in [0, 0.05) is 18.0 Å². The third-order valence-corrected chi connectivity index (χ3v) is 5.67. The molecule has 1 aliphatic heterocycles. The van der Waals surface area contributed by atoms with Crippen LogP contribution >= 0.6 is 11.3 Å². The lowest BCUT2D eigenvalue weighted by atomic mass is 9.75. The SMILES string of the molecule is CC(C)C1(C(=O)NCC(c2cccs2)N(C)C)CCNC1. The number of nitrogens with zero attached hydrogens (tertiary/aromatic N) is 1. The summed E-state index contributed by atoms with van der Waals surface area (Å²) in [7, 11) is 4.12. The molecule has 1 aromatic heterocycles. The van der Waals surface area contributed by atoms with Crippen LogP contribution in [0.2, 0.25) is 0 Å². The van der Waals surface area contributed by atoms with Crippen LogP contribution < -0.4 is 10.6 Å². The zero-order valence-electron chi connectivity index (χ0n) is 13.5. The Morgan fingerprint density at radius 2 is 2.29 bits per heavy atom. The minimum Gasteiger partial charge on any atom is -0.354 e. The van der Waals surface area contributed by atoms with Gasteiger partial charge in [-0.05, 0) is 44.4 Å². The van der Waals surface area contributed by atoms with Gasteiger partial charge in [-0.15, -0.1) is 11.3 Å². The van der Waals surface area contributed by atoms with E-state index >= 15 is 0 Å². The van der Waals surface area contributed by atoms with Crippen molar-refractivity contribution in [1.29, 1.82) is 0 Å². The summed E-state index contributed by atoms with van der Waals surface area (Å²) in [6, 6.07) is 4.44. The van der Waals surface area contributed by atoms with Crippen LogP contribution in [0.5, 0.6) is 0 Å². The van der Waals surface area contributed by atoms with Crippen molar-refractivity contribution in [3.05, 3.63) is 22.4 Å². The number of carbonyl (C=O) groups excluding carboxylic acids is 1. The van der Waals surface area contributed by atoms with Gasteiger partial charge in [0.1, 0.15) is 0 Å². The molecule has 0 bridgehead atoms. The molecule has 1 fully saturated rings. The van der Waals surface area contributed by atoms with E-state index in [-0.39, 0.29) is 17.4 Å². The van der Waals surface area contributed by atoms with Crippen LogP contribution in [0.25, 0.3) is 0 Å². The van der Waals surface area contributed by atoms with Gasteiger partial charge in [0.25, 0.3) is 0 Å². The van der Waals surface area contributed by atoms with Crippen molar-refractivity contribution in [2.45, 2.75) is 26.3 Å². The van der Waals surface area contributed by atoms with Gasteiger partial charge in [0.05, 0.1) is 11.5 Å². The molecule has 0 aliphatic carbocycles. The second-order valence-electron chi connectivity index (χ2n) is 6.44. The molecule has 0 radical (unpaired) electrons. The van der Waals surface area contributed by atoms with E-state index in [0.717, 1.165) is 19.5 Å². The van der Waals surface area contributed by atoms with E-state index < -0.39 is 0 Å². The first-order valence-corrected chi connectivity index (χ1v) is 8.54. The van der Waals surface area contributed by atoms with Crippen molar-refractivity contribution < 1.29 is 4.79 Å². The lowest BCUT2D eigenvalue weighted by Gasteiger charge is -2.32. The molecule has 2 rings (SSSR count). The molecular weight excluding hydrogens is 282 g/mol. The third-order valence-electron chi connectivity index (χ3n) is 4.70. The predicted octanol–water partition coefficient (Wildman–Crippen LogP) is 2.10. The molecule has 21 heavy (non-hydrogen) atoms. The van der Waals surface area contributed by atoms with Gasteiger partial charge in [-0.2, -0.15) is 0 Å². The van der Waals surface area contributed by atoms with E-state index in [1.807, 2.05) is 0 Å². The quantitative estimate of drug-likeness (QED) is 0.846. The highest BCUT2D eigenvalue weighted by molar-refractivity contribution is 7.10. The molecule has 2 heterocycles. The molecule has 118 valence electrons. The minimum absolute atomic E-state index is 0.200. The Bertz CT molecular complexity index is 450. The largest absolute Gasteiger partial charge is 0.354 e.